The van der Waals surface area contributed by atoms with Crippen molar-refractivity contribution in [1.82, 2.24) is 14.6 Å². The van der Waals surface area contributed by atoms with Crippen LogP contribution in [0.15, 0.2) is 16.7 Å². The van der Waals surface area contributed by atoms with Crippen molar-refractivity contribution in [3.05, 3.63) is 22.4 Å². The Hall–Kier alpha value is -1.63. The number of ether oxygens (including phenoxy) is 1. The lowest BCUT2D eigenvalue weighted by atomic mass is 10.2. The van der Waals surface area contributed by atoms with Gasteiger partial charge in [0.15, 0.2) is 5.65 Å². The Labute approximate surface area is 119 Å². The van der Waals surface area contributed by atoms with Gasteiger partial charge in [-0.1, -0.05) is 0 Å². The number of carbonyl (C=O) groups is 1. The molecular weight excluding hydrogens is 312 g/mol. The van der Waals surface area contributed by atoms with Crippen LogP contribution in [0.1, 0.15) is 26.5 Å². The number of carbonyl (C=O) groups excluding carboxylic acids is 1. The van der Waals surface area contributed by atoms with E-state index in [9.17, 15) is 4.79 Å². The zero-order valence-electron chi connectivity index (χ0n) is 11.2. The number of halogens is 1. The zero-order chi connectivity index (χ0) is 14.2. The normalized spacial score (nSPS) is 11.6. The van der Waals surface area contributed by atoms with Gasteiger partial charge in [0.25, 0.3) is 0 Å². The number of nitrogens with zero attached hydrogens (tertiary/aromatic N) is 3. The SMILES string of the molecule is Cc1cc(NC(=O)OC(C)(C)C)n2ncc(Br)c2n1. The lowest BCUT2D eigenvalue weighted by molar-refractivity contribution is 0.0635. The van der Waals surface area contributed by atoms with E-state index in [1.54, 1.807) is 16.8 Å². The van der Waals surface area contributed by atoms with Crippen molar-refractivity contribution in [3.8, 4) is 0 Å². The van der Waals surface area contributed by atoms with Crippen LogP contribution in [-0.4, -0.2) is 26.3 Å². The Bertz CT molecular complexity index is 630. The van der Waals surface area contributed by atoms with E-state index in [-0.39, 0.29) is 0 Å². The molecule has 0 unspecified atom stereocenters. The quantitative estimate of drug-likeness (QED) is 0.874. The zero-order valence-corrected chi connectivity index (χ0v) is 12.8. The van der Waals surface area contributed by atoms with Crippen LogP contribution in [0.4, 0.5) is 10.6 Å². The van der Waals surface area contributed by atoms with Crippen molar-refractivity contribution >= 4 is 33.5 Å². The number of aryl methyl sites for hydroxylation is 1. The Balaban J connectivity index is 2.33. The number of amides is 1. The fourth-order valence-corrected chi connectivity index (χ4v) is 1.90. The lowest BCUT2D eigenvalue weighted by Gasteiger charge is -2.19. The smallest absolute Gasteiger partial charge is 0.413 e. The first-order chi connectivity index (χ1) is 8.76. The number of hydrogen-bond acceptors (Lipinski definition) is 4. The predicted octanol–water partition coefficient (Wildman–Crippen LogP) is 3.15. The summed E-state index contributed by atoms with van der Waals surface area (Å²) in [6.45, 7) is 7.28. The molecule has 0 fully saturated rings. The van der Waals surface area contributed by atoms with Gasteiger partial charge in [0.1, 0.15) is 11.4 Å². The highest BCUT2D eigenvalue weighted by Gasteiger charge is 2.18. The van der Waals surface area contributed by atoms with Crippen molar-refractivity contribution in [2.45, 2.75) is 33.3 Å². The van der Waals surface area contributed by atoms with Crippen LogP contribution in [0, 0.1) is 6.92 Å². The van der Waals surface area contributed by atoms with Gasteiger partial charge in [-0.15, -0.1) is 0 Å². The standard InChI is InChI=1S/C12H15BrN4O2/c1-7-5-9(16-11(18)19-12(2,3)4)17-10(15-7)8(13)6-14-17/h5-6H,1-4H3,(H,16,18). The largest absolute Gasteiger partial charge is 0.444 e. The summed E-state index contributed by atoms with van der Waals surface area (Å²) in [7, 11) is 0. The first kappa shape index (κ1) is 13.8. The minimum Gasteiger partial charge on any atom is -0.444 e. The third kappa shape index (κ3) is 3.23. The molecule has 6 nitrogen and oxygen atoms in total. The first-order valence-electron chi connectivity index (χ1n) is 5.77. The second kappa shape index (κ2) is 4.80. The van der Waals surface area contributed by atoms with Crippen molar-refractivity contribution in [1.29, 1.82) is 0 Å². The number of fused-ring (bicyclic) bond motifs is 1. The van der Waals surface area contributed by atoms with Crippen LogP contribution in [0.2, 0.25) is 0 Å². The molecule has 0 spiro atoms. The third-order valence-corrected chi connectivity index (χ3v) is 2.75. The molecule has 2 aromatic heterocycles. The maximum Gasteiger partial charge on any atom is 0.413 e. The molecule has 7 heteroatoms. The molecule has 0 aliphatic rings. The van der Waals surface area contributed by atoms with Gasteiger partial charge in [-0.05, 0) is 43.6 Å². The molecule has 2 rings (SSSR count). The molecule has 2 heterocycles. The average Bonchev–Trinajstić information content (AvgIpc) is 2.57. The summed E-state index contributed by atoms with van der Waals surface area (Å²) < 4.78 is 7.52. The Morgan fingerprint density at radius 3 is 2.79 bits per heavy atom. The van der Waals surface area contributed by atoms with Crippen molar-refractivity contribution in [2.75, 3.05) is 5.32 Å². The van der Waals surface area contributed by atoms with E-state index < -0.39 is 11.7 Å². The Morgan fingerprint density at radius 2 is 2.16 bits per heavy atom. The number of nitrogens with one attached hydrogen (secondary N) is 1. The highest BCUT2D eigenvalue weighted by atomic mass is 79.9. The molecule has 19 heavy (non-hydrogen) atoms. The van der Waals surface area contributed by atoms with Crippen LogP contribution in [0.5, 0.6) is 0 Å². The van der Waals surface area contributed by atoms with Gasteiger partial charge >= 0.3 is 6.09 Å². The summed E-state index contributed by atoms with van der Waals surface area (Å²) in [5.41, 5.74) is 0.876. The summed E-state index contributed by atoms with van der Waals surface area (Å²) in [6.07, 6.45) is 1.10. The van der Waals surface area contributed by atoms with Crippen LogP contribution in [0.25, 0.3) is 5.65 Å². The summed E-state index contributed by atoms with van der Waals surface area (Å²) in [6, 6.07) is 1.73. The molecule has 1 N–H and O–H groups in total. The van der Waals surface area contributed by atoms with Crippen LogP contribution in [-0.2, 0) is 4.74 Å². The molecule has 0 aromatic carbocycles. The maximum absolute atomic E-state index is 11.8. The molecule has 2 aromatic rings. The fraction of sp³-hybridized carbons (Fsp3) is 0.417. The van der Waals surface area contributed by atoms with E-state index in [1.807, 2.05) is 27.7 Å². The van der Waals surface area contributed by atoms with Gasteiger partial charge in [-0.25, -0.2) is 9.78 Å². The number of hydrogen-bond donors (Lipinski definition) is 1. The summed E-state index contributed by atoms with van der Waals surface area (Å²) in [5.74, 6) is 0.516. The highest BCUT2D eigenvalue weighted by molar-refractivity contribution is 9.10. The monoisotopic (exact) mass is 326 g/mol. The van der Waals surface area contributed by atoms with Crippen molar-refractivity contribution in [2.24, 2.45) is 0 Å². The Morgan fingerprint density at radius 1 is 1.47 bits per heavy atom. The van der Waals surface area contributed by atoms with E-state index in [0.29, 0.717) is 11.5 Å². The minimum atomic E-state index is -0.546. The van der Waals surface area contributed by atoms with E-state index in [1.165, 1.54) is 0 Å². The van der Waals surface area contributed by atoms with Gasteiger partial charge in [0.2, 0.25) is 0 Å². The molecule has 0 aliphatic heterocycles. The predicted molar refractivity (Wildman–Crippen MR) is 75.3 cm³/mol. The van der Waals surface area contributed by atoms with Gasteiger partial charge in [-0.2, -0.15) is 9.61 Å². The summed E-state index contributed by atoms with van der Waals surface area (Å²) >= 11 is 3.36. The topological polar surface area (TPSA) is 68.5 Å². The van der Waals surface area contributed by atoms with Gasteiger partial charge in [0, 0.05) is 11.8 Å². The third-order valence-electron chi connectivity index (χ3n) is 2.19. The van der Waals surface area contributed by atoms with E-state index in [2.05, 4.69) is 31.3 Å². The summed E-state index contributed by atoms with van der Waals surface area (Å²) in [5, 5.41) is 6.82. The lowest BCUT2D eigenvalue weighted by Crippen LogP contribution is -2.28. The highest BCUT2D eigenvalue weighted by Crippen LogP contribution is 2.20. The van der Waals surface area contributed by atoms with Crippen molar-refractivity contribution in [3.63, 3.8) is 0 Å². The number of anilines is 1. The maximum atomic E-state index is 11.8. The Kier molecular flexibility index (Phi) is 3.49. The van der Waals surface area contributed by atoms with Gasteiger partial charge < -0.3 is 4.74 Å². The molecular formula is C12H15BrN4O2. The molecule has 1 amide bonds. The van der Waals surface area contributed by atoms with E-state index >= 15 is 0 Å². The molecule has 0 radical (unpaired) electrons. The number of aromatic nitrogens is 3. The molecule has 0 saturated carbocycles. The second-order valence-electron chi connectivity index (χ2n) is 5.14. The fourth-order valence-electron chi connectivity index (χ4n) is 1.55. The van der Waals surface area contributed by atoms with Crippen LogP contribution in [0.3, 0.4) is 0 Å². The molecule has 0 bridgehead atoms. The van der Waals surface area contributed by atoms with Gasteiger partial charge in [-0.3, -0.25) is 5.32 Å². The van der Waals surface area contributed by atoms with Crippen LogP contribution >= 0.6 is 15.9 Å². The number of rotatable bonds is 1. The molecule has 0 saturated heterocycles. The average molecular weight is 327 g/mol. The molecule has 0 atom stereocenters. The van der Waals surface area contributed by atoms with Crippen molar-refractivity contribution < 1.29 is 9.53 Å². The van der Waals surface area contributed by atoms with E-state index in [4.69, 9.17) is 4.74 Å². The first-order valence-corrected chi connectivity index (χ1v) is 6.56. The second-order valence-corrected chi connectivity index (χ2v) is 5.99. The molecule has 102 valence electrons. The molecule has 0 aliphatic carbocycles. The van der Waals surface area contributed by atoms with Gasteiger partial charge in [0.05, 0.1) is 10.7 Å². The minimum absolute atomic E-state index is 0.516. The van der Waals surface area contributed by atoms with E-state index in [0.717, 1.165) is 10.2 Å². The summed E-state index contributed by atoms with van der Waals surface area (Å²) in [4.78, 5) is 16.1. The van der Waals surface area contributed by atoms with Crippen LogP contribution < -0.4 is 5.32 Å².